The highest BCUT2D eigenvalue weighted by Gasteiger charge is 2.46. The lowest BCUT2D eigenvalue weighted by Gasteiger charge is -2.41. The Bertz CT molecular complexity index is 711. The summed E-state index contributed by atoms with van der Waals surface area (Å²) in [6, 6.07) is 6.05. The lowest BCUT2D eigenvalue weighted by molar-refractivity contribution is -0.307. The molecule has 0 aliphatic carbocycles. The summed E-state index contributed by atoms with van der Waals surface area (Å²) in [4.78, 5) is 11.3. The third kappa shape index (κ3) is 4.97. The second-order valence-corrected chi connectivity index (χ2v) is 7.30. The fraction of sp³-hybridized carbons (Fsp3) is 0.632. The summed E-state index contributed by atoms with van der Waals surface area (Å²) in [6.07, 6.45) is -12.8. The lowest BCUT2D eigenvalue weighted by Crippen LogP contribution is -2.61. The minimum absolute atomic E-state index is 0.129. The first-order chi connectivity index (χ1) is 14.2. The summed E-state index contributed by atoms with van der Waals surface area (Å²) >= 11 is 0. The molecule has 2 aliphatic rings. The number of ketones is 1. The molecule has 11 heteroatoms. The number of ether oxygens (including phenoxy) is 4. The molecular weight excluding hydrogens is 404 g/mol. The monoisotopic (exact) mass is 430 g/mol. The van der Waals surface area contributed by atoms with Gasteiger partial charge in [0.1, 0.15) is 48.5 Å². The quantitative estimate of drug-likeness (QED) is 0.264. The Morgan fingerprint density at radius 1 is 0.933 bits per heavy atom. The van der Waals surface area contributed by atoms with E-state index in [0.29, 0.717) is 5.56 Å². The van der Waals surface area contributed by atoms with Crippen LogP contribution in [0.3, 0.4) is 0 Å². The molecule has 11 nitrogen and oxygen atoms in total. The molecule has 6 N–H and O–H groups in total. The van der Waals surface area contributed by atoms with Gasteiger partial charge >= 0.3 is 0 Å². The predicted molar refractivity (Wildman–Crippen MR) is 97.5 cm³/mol. The van der Waals surface area contributed by atoms with Gasteiger partial charge in [0.15, 0.2) is 12.1 Å². The van der Waals surface area contributed by atoms with E-state index in [0.717, 1.165) is 0 Å². The standard InChI is InChI=1S/C19H26O11/c1-8(20)9-2-4-10(5-3-9)29-19-17(26)15(24)14(23)12(30-19)7-28-18-16(25)13(22)11(21)6-27-18/h2-5,11-19,21-26H,6-7H2,1H3/t11-,12-,13+,14-,15+,16-,17-,18+,19-/m1/s1. The van der Waals surface area contributed by atoms with Crippen LogP contribution < -0.4 is 4.74 Å². The van der Waals surface area contributed by atoms with Crippen molar-refractivity contribution in [3.8, 4) is 5.75 Å². The van der Waals surface area contributed by atoms with E-state index in [1.807, 2.05) is 0 Å². The molecule has 0 radical (unpaired) electrons. The van der Waals surface area contributed by atoms with E-state index < -0.39 is 55.3 Å². The first kappa shape index (κ1) is 23.0. The topological polar surface area (TPSA) is 175 Å². The normalized spacial score (nSPS) is 39.5. The highest BCUT2D eigenvalue weighted by atomic mass is 16.7. The molecule has 2 aliphatic heterocycles. The highest BCUT2D eigenvalue weighted by Crippen LogP contribution is 2.26. The van der Waals surface area contributed by atoms with Gasteiger partial charge in [0.2, 0.25) is 6.29 Å². The molecule has 0 aromatic heterocycles. The van der Waals surface area contributed by atoms with E-state index in [9.17, 15) is 35.4 Å². The molecule has 1 aromatic rings. The van der Waals surface area contributed by atoms with Crippen molar-refractivity contribution in [1.29, 1.82) is 0 Å². The lowest BCUT2D eigenvalue weighted by atomic mass is 9.99. The molecule has 0 amide bonds. The molecule has 0 saturated carbocycles. The van der Waals surface area contributed by atoms with Gasteiger partial charge in [-0.15, -0.1) is 0 Å². The minimum atomic E-state index is -1.61. The van der Waals surface area contributed by atoms with Gasteiger partial charge in [-0.25, -0.2) is 0 Å². The van der Waals surface area contributed by atoms with Crippen LogP contribution in [0.4, 0.5) is 0 Å². The molecule has 0 spiro atoms. The third-order valence-corrected chi connectivity index (χ3v) is 5.06. The highest BCUT2D eigenvalue weighted by molar-refractivity contribution is 5.94. The summed E-state index contributed by atoms with van der Waals surface area (Å²) in [5.74, 6) is 0.131. The molecule has 2 saturated heterocycles. The Balaban J connectivity index is 1.62. The van der Waals surface area contributed by atoms with E-state index >= 15 is 0 Å². The van der Waals surface area contributed by atoms with Crippen molar-refractivity contribution in [2.24, 2.45) is 0 Å². The van der Waals surface area contributed by atoms with Crippen LogP contribution in [-0.4, -0.2) is 105 Å². The summed E-state index contributed by atoms with van der Waals surface area (Å²) in [5.41, 5.74) is 0.465. The molecule has 3 rings (SSSR count). The number of carbonyl (C=O) groups is 1. The van der Waals surface area contributed by atoms with Crippen LogP contribution >= 0.6 is 0 Å². The van der Waals surface area contributed by atoms with Crippen LogP contribution in [0.25, 0.3) is 0 Å². The number of hydrogen-bond donors (Lipinski definition) is 6. The van der Waals surface area contributed by atoms with Gasteiger partial charge in [0.05, 0.1) is 13.2 Å². The number of rotatable bonds is 6. The average Bonchev–Trinajstić information content (AvgIpc) is 2.73. The number of aliphatic hydroxyl groups excluding tert-OH is 6. The van der Waals surface area contributed by atoms with Crippen LogP contribution in [0.15, 0.2) is 24.3 Å². The Hall–Kier alpha value is -1.67. The summed E-state index contributed by atoms with van der Waals surface area (Å²) < 4.78 is 21.5. The van der Waals surface area contributed by atoms with Gasteiger partial charge in [-0.3, -0.25) is 4.79 Å². The van der Waals surface area contributed by atoms with Crippen molar-refractivity contribution in [1.82, 2.24) is 0 Å². The SMILES string of the molecule is CC(=O)c1ccc(O[C@@H]2O[C@H](CO[C@@H]3OC[C@@H](O)[C@H](O)[C@H]3O)[C@@H](O)[C@H](O)[C@H]2O)cc1. The minimum Gasteiger partial charge on any atom is -0.462 e. The van der Waals surface area contributed by atoms with Gasteiger partial charge < -0.3 is 49.6 Å². The largest absolute Gasteiger partial charge is 0.462 e. The molecular formula is C19H26O11. The first-order valence-electron chi connectivity index (χ1n) is 9.43. The van der Waals surface area contributed by atoms with Crippen molar-refractivity contribution >= 4 is 5.78 Å². The third-order valence-electron chi connectivity index (χ3n) is 5.06. The molecule has 2 fully saturated rings. The Morgan fingerprint density at radius 2 is 1.57 bits per heavy atom. The fourth-order valence-electron chi connectivity index (χ4n) is 3.17. The maximum Gasteiger partial charge on any atom is 0.229 e. The van der Waals surface area contributed by atoms with Crippen LogP contribution in [0, 0.1) is 0 Å². The molecule has 0 bridgehead atoms. The van der Waals surface area contributed by atoms with E-state index in [-0.39, 0.29) is 24.7 Å². The molecule has 0 unspecified atom stereocenters. The zero-order valence-corrected chi connectivity index (χ0v) is 16.1. The zero-order valence-electron chi connectivity index (χ0n) is 16.1. The van der Waals surface area contributed by atoms with Gasteiger partial charge in [-0.2, -0.15) is 0 Å². The van der Waals surface area contributed by atoms with E-state index in [2.05, 4.69) is 0 Å². The van der Waals surface area contributed by atoms with Crippen LogP contribution in [0.1, 0.15) is 17.3 Å². The smallest absolute Gasteiger partial charge is 0.229 e. The van der Waals surface area contributed by atoms with E-state index in [1.54, 1.807) is 0 Å². The second-order valence-electron chi connectivity index (χ2n) is 7.30. The van der Waals surface area contributed by atoms with Crippen molar-refractivity contribution < 1.29 is 54.4 Å². The maximum absolute atomic E-state index is 11.3. The van der Waals surface area contributed by atoms with Gasteiger partial charge in [0.25, 0.3) is 0 Å². The van der Waals surface area contributed by atoms with Crippen molar-refractivity contribution in [3.63, 3.8) is 0 Å². The van der Waals surface area contributed by atoms with Crippen LogP contribution in [-0.2, 0) is 14.2 Å². The fourth-order valence-corrected chi connectivity index (χ4v) is 3.17. The Kier molecular flexibility index (Phi) is 7.39. The number of benzene rings is 1. The summed E-state index contributed by atoms with van der Waals surface area (Å²) in [6.45, 7) is 0.776. The summed E-state index contributed by atoms with van der Waals surface area (Å²) in [7, 11) is 0. The maximum atomic E-state index is 11.3. The first-order valence-corrected chi connectivity index (χ1v) is 9.43. The molecule has 1 aromatic carbocycles. The molecule has 9 atom stereocenters. The Morgan fingerprint density at radius 3 is 2.20 bits per heavy atom. The number of Topliss-reactive ketones (excluding diaryl/α,β-unsaturated/α-hetero) is 1. The molecule has 30 heavy (non-hydrogen) atoms. The predicted octanol–water partition coefficient (Wildman–Crippen LogP) is -2.47. The Labute approximate surface area is 172 Å². The van der Waals surface area contributed by atoms with Crippen molar-refractivity contribution in [2.75, 3.05) is 13.2 Å². The second kappa shape index (κ2) is 9.64. The molecule has 168 valence electrons. The molecule has 2 heterocycles. The summed E-state index contributed by atoms with van der Waals surface area (Å²) in [5, 5.41) is 59.5. The van der Waals surface area contributed by atoms with Gasteiger partial charge in [-0.05, 0) is 31.2 Å². The number of aliphatic hydroxyl groups is 6. The van der Waals surface area contributed by atoms with Crippen molar-refractivity contribution in [3.05, 3.63) is 29.8 Å². The van der Waals surface area contributed by atoms with Gasteiger partial charge in [-0.1, -0.05) is 0 Å². The zero-order chi connectivity index (χ0) is 22.0. The van der Waals surface area contributed by atoms with Crippen molar-refractivity contribution in [2.45, 2.75) is 62.2 Å². The number of carbonyl (C=O) groups excluding carboxylic acids is 1. The van der Waals surface area contributed by atoms with Gasteiger partial charge in [0, 0.05) is 5.56 Å². The van der Waals surface area contributed by atoms with Crippen LogP contribution in [0.2, 0.25) is 0 Å². The average molecular weight is 430 g/mol. The van der Waals surface area contributed by atoms with E-state index in [1.165, 1.54) is 31.2 Å². The van der Waals surface area contributed by atoms with Crippen LogP contribution in [0.5, 0.6) is 5.75 Å². The van der Waals surface area contributed by atoms with E-state index in [4.69, 9.17) is 18.9 Å². The number of hydrogen-bond acceptors (Lipinski definition) is 11.